The summed E-state index contributed by atoms with van der Waals surface area (Å²) in [7, 11) is 0. The number of anilines is 1. The quantitative estimate of drug-likeness (QED) is 0.225. The number of nitrogens with one attached hydrogen (secondary N) is 2. The summed E-state index contributed by atoms with van der Waals surface area (Å²) in [5, 5.41) is 13.5. The summed E-state index contributed by atoms with van der Waals surface area (Å²) >= 11 is 2.61. The van der Waals surface area contributed by atoms with Crippen molar-refractivity contribution in [3.63, 3.8) is 0 Å². The van der Waals surface area contributed by atoms with E-state index in [0.717, 1.165) is 38.9 Å². The van der Waals surface area contributed by atoms with E-state index in [9.17, 15) is 14.7 Å². The molecule has 4 rings (SSSR count). The molecule has 158 valence electrons. The third-order valence-electron chi connectivity index (χ3n) is 4.82. The van der Waals surface area contributed by atoms with Crippen molar-refractivity contribution in [2.75, 3.05) is 11.1 Å². The molecule has 31 heavy (non-hydrogen) atoms. The van der Waals surface area contributed by atoms with Crippen molar-refractivity contribution in [1.29, 1.82) is 0 Å². The van der Waals surface area contributed by atoms with Crippen molar-refractivity contribution < 1.29 is 9.90 Å². The van der Waals surface area contributed by atoms with Crippen LogP contribution < -0.4 is 10.9 Å². The Bertz CT molecular complexity index is 1340. The Morgan fingerprint density at radius 2 is 1.84 bits per heavy atom. The van der Waals surface area contributed by atoms with Crippen LogP contribution in [0.25, 0.3) is 21.3 Å². The molecule has 0 radical (unpaired) electrons. The first kappa shape index (κ1) is 21.1. The van der Waals surface area contributed by atoms with Gasteiger partial charge in [0.1, 0.15) is 10.6 Å². The number of rotatable bonds is 5. The van der Waals surface area contributed by atoms with E-state index in [0.29, 0.717) is 21.1 Å². The number of carbonyl (C=O) groups excluding carboxylic acids is 1. The number of fused-ring (bicyclic) bond motifs is 1. The molecule has 0 aliphatic carbocycles. The highest BCUT2D eigenvalue weighted by Crippen LogP contribution is 2.36. The number of aromatic amines is 1. The van der Waals surface area contributed by atoms with E-state index in [1.807, 2.05) is 45.0 Å². The van der Waals surface area contributed by atoms with Crippen LogP contribution in [0.2, 0.25) is 0 Å². The fourth-order valence-corrected chi connectivity index (χ4v) is 5.07. The summed E-state index contributed by atoms with van der Waals surface area (Å²) in [5.41, 5.74) is 4.11. The van der Waals surface area contributed by atoms with Gasteiger partial charge in [-0.3, -0.25) is 9.59 Å². The van der Waals surface area contributed by atoms with Gasteiger partial charge < -0.3 is 15.4 Å². The van der Waals surface area contributed by atoms with E-state index in [1.165, 1.54) is 17.4 Å². The largest absolute Gasteiger partial charge is 0.506 e. The maximum Gasteiger partial charge on any atom is 0.260 e. The third-order valence-corrected chi connectivity index (χ3v) is 6.70. The smallest absolute Gasteiger partial charge is 0.260 e. The van der Waals surface area contributed by atoms with Gasteiger partial charge in [0, 0.05) is 10.4 Å². The number of aromatic nitrogens is 2. The molecule has 3 N–H and O–H groups in total. The number of thioether (sulfide) groups is 1. The predicted molar refractivity (Wildman–Crippen MR) is 127 cm³/mol. The van der Waals surface area contributed by atoms with Gasteiger partial charge in [-0.15, -0.1) is 11.3 Å². The van der Waals surface area contributed by atoms with Crippen molar-refractivity contribution in [2.24, 2.45) is 0 Å². The first-order valence-electron chi connectivity index (χ1n) is 9.64. The van der Waals surface area contributed by atoms with Gasteiger partial charge in [-0.2, -0.15) is 0 Å². The maximum atomic E-state index is 12.9. The summed E-state index contributed by atoms with van der Waals surface area (Å²) in [6.45, 7) is 5.88. The third kappa shape index (κ3) is 4.50. The van der Waals surface area contributed by atoms with Crippen LogP contribution in [0.15, 0.2) is 52.4 Å². The zero-order chi connectivity index (χ0) is 22.1. The Morgan fingerprint density at radius 1 is 1.13 bits per heavy atom. The molecule has 0 aliphatic rings. The van der Waals surface area contributed by atoms with Crippen molar-refractivity contribution in [2.45, 2.75) is 25.9 Å². The number of phenolic OH excluding ortho intramolecular Hbond substituents is 1. The van der Waals surface area contributed by atoms with E-state index in [1.54, 1.807) is 12.1 Å². The Labute approximate surface area is 187 Å². The molecule has 8 heteroatoms. The first-order valence-corrected chi connectivity index (χ1v) is 11.4. The maximum absolute atomic E-state index is 12.9. The number of benzene rings is 2. The lowest BCUT2D eigenvalue weighted by molar-refractivity contribution is -0.113. The van der Waals surface area contributed by atoms with Gasteiger partial charge in [0.25, 0.3) is 5.56 Å². The molecule has 0 atom stereocenters. The van der Waals surface area contributed by atoms with Gasteiger partial charge in [-0.1, -0.05) is 47.7 Å². The van der Waals surface area contributed by atoms with Gasteiger partial charge in [0.15, 0.2) is 5.16 Å². The minimum absolute atomic E-state index is 0.00889. The van der Waals surface area contributed by atoms with Crippen molar-refractivity contribution in [3.8, 4) is 16.9 Å². The lowest BCUT2D eigenvalue weighted by Gasteiger charge is -2.08. The fraction of sp³-hybridized carbons (Fsp3) is 0.174. The van der Waals surface area contributed by atoms with Gasteiger partial charge >= 0.3 is 0 Å². The minimum Gasteiger partial charge on any atom is -0.506 e. The van der Waals surface area contributed by atoms with Crippen LogP contribution in [0.3, 0.4) is 0 Å². The zero-order valence-corrected chi connectivity index (χ0v) is 18.9. The molecule has 0 saturated heterocycles. The number of aromatic hydroxyl groups is 1. The van der Waals surface area contributed by atoms with E-state index < -0.39 is 0 Å². The van der Waals surface area contributed by atoms with Crippen LogP contribution in [0, 0.1) is 20.8 Å². The van der Waals surface area contributed by atoms with Gasteiger partial charge in [0.2, 0.25) is 5.91 Å². The topological polar surface area (TPSA) is 95.1 Å². The summed E-state index contributed by atoms with van der Waals surface area (Å²) in [6, 6.07) is 13.1. The summed E-state index contributed by atoms with van der Waals surface area (Å²) in [6.07, 6.45) is 0. The SMILES string of the molecule is Cc1ccc(-c2c(C)sc3nc(SCC(=O)Nc4cc(C)ccc4O)[nH]c(=O)c23)cc1. The number of phenols is 1. The highest BCUT2D eigenvalue weighted by atomic mass is 32.2. The lowest BCUT2D eigenvalue weighted by atomic mass is 10.0. The van der Waals surface area contributed by atoms with E-state index in [4.69, 9.17) is 0 Å². The fourth-order valence-electron chi connectivity index (χ4n) is 3.31. The molecule has 0 aliphatic heterocycles. The lowest BCUT2D eigenvalue weighted by Crippen LogP contribution is -2.15. The molecule has 2 aromatic carbocycles. The Hall–Kier alpha value is -3.10. The number of aryl methyl sites for hydroxylation is 3. The van der Waals surface area contributed by atoms with E-state index in [-0.39, 0.29) is 23.0 Å². The predicted octanol–water partition coefficient (Wildman–Crippen LogP) is 5.01. The van der Waals surface area contributed by atoms with Crippen molar-refractivity contribution >= 4 is 44.9 Å². The number of amides is 1. The van der Waals surface area contributed by atoms with Crippen LogP contribution in [-0.2, 0) is 4.79 Å². The molecule has 6 nitrogen and oxygen atoms in total. The highest BCUT2D eigenvalue weighted by molar-refractivity contribution is 7.99. The normalized spacial score (nSPS) is 11.1. The van der Waals surface area contributed by atoms with Crippen molar-refractivity contribution in [3.05, 3.63) is 68.8 Å². The number of carbonyl (C=O) groups is 1. The summed E-state index contributed by atoms with van der Waals surface area (Å²) in [4.78, 5) is 34.2. The van der Waals surface area contributed by atoms with Crippen molar-refractivity contribution in [1.82, 2.24) is 9.97 Å². The number of hydrogen-bond donors (Lipinski definition) is 3. The van der Waals surface area contributed by atoms with Crippen LogP contribution in [-0.4, -0.2) is 26.7 Å². The molecule has 2 aromatic heterocycles. The zero-order valence-electron chi connectivity index (χ0n) is 17.3. The Morgan fingerprint density at radius 3 is 2.58 bits per heavy atom. The second-order valence-electron chi connectivity index (χ2n) is 7.31. The minimum atomic E-state index is -0.295. The number of thiophene rings is 1. The molecule has 0 unspecified atom stereocenters. The average Bonchev–Trinajstić information content (AvgIpc) is 3.06. The second-order valence-corrected chi connectivity index (χ2v) is 9.48. The molecule has 2 heterocycles. The molecule has 1 amide bonds. The Balaban J connectivity index is 1.56. The molecule has 0 fully saturated rings. The van der Waals surface area contributed by atoms with Crippen LogP contribution in [0.1, 0.15) is 16.0 Å². The Kier molecular flexibility index (Phi) is 5.84. The molecule has 4 aromatic rings. The monoisotopic (exact) mass is 451 g/mol. The number of H-pyrrole nitrogens is 1. The van der Waals surface area contributed by atoms with Crippen LogP contribution in [0.5, 0.6) is 5.75 Å². The molecule has 0 spiro atoms. The molecular weight excluding hydrogens is 430 g/mol. The van der Waals surface area contributed by atoms with Gasteiger partial charge in [-0.25, -0.2) is 4.98 Å². The molecule has 0 saturated carbocycles. The number of nitrogens with zero attached hydrogens (tertiary/aromatic N) is 1. The highest BCUT2D eigenvalue weighted by Gasteiger charge is 2.17. The molecule has 0 bridgehead atoms. The van der Waals surface area contributed by atoms with E-state index >= 15 is 0 Å². The van der Waals surface area contributed by atoms with Gasteiger partial charge in [-0.05, 0) is 44.0 Å². The standard InChI is InChI=1S/C23H21N3O3S2/c1-12-4-7-15(8-5-12)19-14(3)31-22-20(19)21(29)25-23(26-22)30-11-18(28)24-16-10-13(2)6-9-17(16)27/h4-10,27H,11H2,1-3H3,(H,24,28)(H,25,26,29). The molecular formula is C23H21N3O3S2. The summed E-state index contributed by atoms with van der Waals surface area (Å²) in [5.74, 6) is -0.234. The second kappa shape index (κ2) is 8.56. The van der Waals surface area contributed by atoms with Crippen LogP contribution in [0.4, 0.5) is 5.69 Å². The average molecular weight is 452 g/mol. The van der Waals surface area contributed by atoms with E-state index in [2.05, 4.69) is 15.3 Å². The summed E-state index contributed by atoms with van der Waals surface area (Å²) < 4.78 is 0. The number of hydrogen-bond acceptors (Lipinski definition) is 6. The van der Waals surface area contributed by atoms with Gasteiger partial charge in [0.05, 0.1) is 16.8 Å². The van der Waals surface area contributed by atoms with Crippen LogP contribution >= 0.6 is 23.1 Å². The first-order chi connectivity index (χ1) is 14.8.